The van der Waals surface area contributed by atoms with Gasteiger partial charge in [0.2, 0.25) is 5.43 Å². The highest BCUT2D eigenvalue weighted by Gasteiger charge is 2.22. The van der Waals surface area contributed by atoms with E-state index in [4.69, 9.17) is 14.9 Å². The van der Waals surface area contributed by atoms with Crippen LogP contribution >= 0.6 is 0 Å². The van der Waals surface area contributed by atoms with Gasteiger partial charge in [0, 0.05) is 0 Å². The molecule has 0 aliphatic carbocycles. The Morgan fingerprint density at radius 2 is 1.65 bits per heavy atom. The summed E-state index contributed by atoms with van der Waals surface area (Å²) in [7, 11) is 0. The van der Waals surface area contributed by atoms with Gasteiger partial charge in [0.15, 0.2) is 0 Å². The first-order valence-corrected chi connectivity index (χ1v) is 10.2. The van der Waals surface area contributed by atoms with Crippen molar-refractivity contribution in [3.63, 3.8) is 0 Å². The largest absolute Gasteiger partial charge is 0.489 e. The molecule has 160 valence electrons. The van der Waals surface area contributed by atoms with Crippen LogP contribution in [-0.4, -0.2) is 29.0 Å². The van der Waals surface area contributed by atoms with E-state index < -0.39 is 5.54 Å². The predicted octanol–water partition coefficient (Wildman–Crippen LogP) is 3.14. The van der Waals surface area contributed by atoms with Crippen molar-refractivity contribution in [3.05, 3.63) is 88.1 Å². The van der Waals surface area contributed by atoms with Gasteiger partial charge in [-0.25, -0.2) is 0 Å². The number of aryl methyl sites for hydroxylation is 1. The summed E-state index contributed by atoms with van der Waals surface area (Å²) >= 11 is 0. The average molecular weight is 419 g/mol. The molecule has 0 atom stereocenters. The van der Waals surface area contributed by atoms with Crippen LogP contribution in [0.15, 0.2) is 75.9 Å². The van der Waals surface area contributed by atoms with Crippen molar-refractivity contribution < 1.29 is 19.4 Å². The molecule has 0 saturated heterocycles. The molecule has 0 amide bonds. The van der Waals surface area contributed by atoms with E-state index in [2.05, 4.69) is 0 Å². The molecule has 0 radical (unpaired) electrons. The van der Waals surface area contributed by atoms with Gasteiger partial charge >= 0.3 is 0 Å². The Morgan fingerprint density at radius 3 is 2.39 bits per heavy atom. The molecule has 1 heterocycles. The van der Waals surface area contributed by atoms with E-state index in [-0.39, 0.29) is 18.6 Å². The molecular weight excluding hydrogens is 394 g/mol. The maximum atomic E-state index is 13.0. The first-order chi connectivity index (χ1) is 15.0. The Kier molecular flexibility index (Phi) is 6.04. The minimum atomic E-state index is -1.03. The lowest BCUT2D eigenvalue weighted by Gasteiger charge is -2.24. The summed E-state index contributed by atoms with van der Waals surface area (Å²) in [5.41, 5.74) is 7.73. The van der Waals surface area contributed by atoms with Gasteiger partial charge in [0.05, 0.1) is 29.5 Å². The fraction of sp³-hybridized carbons (Fsp3) is 0.240. The van der Waals surface area contributed by atoms with Crippen LogP contribution in [0.1, 0.15) is 17.5 Å². The molecule has 0 aliphatic rings. The van der Waals surface area contributed by atoms with E-state index in [1.807, 2.05) is 42.5 Å². The molecule has 3 aromatic carbocycles. The van der Waals surface area contributed by atoms with E-state index in [9.17, 15) is 15.0 Å². The molecule has 0 unspecified atom stereocenters. The van der Waals surface area contributed by atoms with E-state index in [0.717, 1.165) is 11.1 Å². The zero-order valence-corrected chi connectivity index (χ0v) is 17.1. The zero-order chi connectivity index (χ0) is 21.8. The summed E-state index contributed by atoms with van der Waals surface area (Å²) in [6.45, 7) is -0.185. The molecule has 0 saturated carbocycles. The predicted molar refractivity (Wildman–Crippen MR) is 120 cm³/mol. The van der Waals surface area contributed by atoms with Crippen LogP contribution in [0.25, 0.3) is 21.9 Å². The van der Waals surface area contributed by atoms with Crippen molar-refractivity contribution in [3.8, 4) is 5.75 Å². The molecule has 1 aromatic heterocycles. The third kappa shape index (κ3) is 4.61. The third-order valence-electron chi connectivity index (χ3n) is 5.50. The lowest BCUT2D eigenvalue weighted by Crippen LogP contribution is -2.47. The highest BCUT2D eigenvalue weighted by molar-refractivity contribution is 5.90. The molecule has 6 nitrogen and oxygen atoms in total. The van der Waals surface area contributed by atoms with Crippen LogP contribution in [0.4, 0.5) is 0 Å². The third-order valence-corrected chi connectivity index (χ3v) is 5.50. The first-order valence-electron chi connectivity index (χ1n) is 10.2. The Labute approximate surface area is 179 Å². The summed E-state index contributed by atoms with van der Waals surface area (Å²) in [6.07, 6.45) is 0.951. The van der Waals surface area contributed by atoms with Gasteiger partial charge in [0.25, 0.3) is 0 Å². The van der Waals surface area contributed by atoms with Crippen molar-refractivity contribution >= 4 is 21.9 Å². The minimum absolute atomic E-state index is 0.119. The van der Waals surface area contributed by atoms with Crippen LogP contribution in [-0.2, 0) is 13.0 Å². The number of nitrogens with two attached hydrogens (primary N) is 1. The standard InChI is InChI=1S/C25H25NO5/c26-25(15-27,16-28)11-10-17-6-8-20-23(12-17)31-22-9-7-19(13-21(22)24(20)29)30-14-18-4-2-1-3-5-18/h1-9,12-13,27-28H,10-11,14-16,26H2. The number of benzene rings is 3. The Hall–Kier alpha value is -3.19. The number of hydrogen-bond acceptors (Lipinski definition) is 6. The summed E-state index contributed by atoms with van der Waals surface area (Å²) in [6, 6.07) is 20.5. The number of ether oxygens (including phenoxy) is 1. The van der Waals surface area contributed by atoms with Gasteiger partial charge in [-0.1, -0.05) is 36.4 Å². The number of rotatable bonds is 8. The van der Waals surface area contributed by atoms with E-state index in [1.165, 1.54) is 0 Å². The second-order valence-corrected chi connectivity index (χ2v) is 7.87. The number of aliphatic hydroxyl groups is 2. The highest BCUT2D eigenvalue weighted by atomic mass is 16.5. The molecule has 6 heteroatoms. The Bertz CT molecular complexity index is 1250. The highest BCUT2D eigenvalue weighted by Crippen LogP contribution is 2.25. The van der Waals surface area contributed by atoms with Crippen LogP contribution in [0, 0.1) is 0 Å². The molecule has 0 aliphatic heterocycles. The van der Waals surface area contributed by atoms with Crippen molar-refractivity contribution in [2.45, 2.75) is 25.0 Å². The molecular formula is C25H25NO5. The fourth-order valence-electron chi connectivity index (χ4n) is 3.47. The minimum Gasteiger partial charge on any atom is -0.489 e. The first kappa shape index (κ1) is 21.1. The second kappa shape index (κ2) is 8.89. The van der Waals surface area contributed by atoms with E-state index >= 15 is 0 Å². The van der Waals surface area contributed by atoms with Crippen molar-refractivity contribution in [2.24, 2.45) is 5.73 Å². The van der Waals surface area contributed by atoms with Crippen molar-refractivity contribution in [1.29, 1.82) is 0 Å². The monoisotopic (exact) mass is 419 g/mol. The normalized spacial score (nSPS) is 11.8. The van der Waals surface area contributed by atoms with Gasteiger partial charge in [-0.05, 0) is 54.3 Å². The lowest BCUT2D eigenvalue weighted by molar-refractivity contribution is 0.115. The maximum absolute atomic E-state index is 13.0. The van der Waals surface area contributed by atoms with Crippen LogP contribution in [0.2, 0.25) is 0 Å². The summed E-state index contributed by atoms with van der Waals surface area (Å²) < 4.78 is 11.8. The Balaban J connectivity index is 1.60. The molecule has 4 aromatic rings. The SMILES string of the molecule is NC(CO)(CO)CCc1ccc2c(=O)c3cc(OCc4ccccc4)ccc3oc2c1. The van der Waals surface area contributed by atoms with E-state index in [0.29, 0.717) is 47.1 Å². The fourth-order valence-corrected chi connectivity index (χ4v) is 3.47. The zero-order valence-electron chi connectivity index (χ0n) is 17.1. The maximum Gasteiger partial charge on any atom is 0.200 e. The second-order valence-electron chi connectivity index (χ2n) is 7.87. The number of hydrogen-bond donors (Lipinski definition) is 3. The summed E-state index contributed by atoms with van der Waals surface area (Å²) in [5, 5.41) is 19.7. The average Bonchev–Trinajstić information content (AvgIpc) is 2.82. The summed E-state index contributed by atoms with van der Waals surface area (Å²) in [4.78, 5) is 13.0. The van der Waals surface area contributed by atoms with Gasteiger partial charge < -0.3 is 25.1 Å². The summed E-state index contributed by atoms with van der Waals surface area (Å²) in [5.74, 6) is 0.604. The smallest absolute Gasteiger partial charge is 0.200 e. The number of aliphatic hydroxyl groups excluding tert-OH is 2. The molecule has 4 rings (SSSR count). The topological polar surface area (TPSA) is 106 Å². The quantitative estimate of drug-likeness (QED) is 0.379. The number of fused-ring (bicyclic) bond motifs is 2. The van der Waals surface area contributed by atoms with Crippen molar-refractivity contribution in [1.82, 2.24) is 0 Å². The molecule has 0 bridgehead atoms. The van der Waals surface area contributed by atoms with Crippen LogP contribution in [0.3, 0.4) is 0 Å². The van der Waals surface area contributed by atoms with Crippen LogP contribution < -0.4 is 15.9 Å². The van der Waals surface area contributed by atoms with E-state index in [1.54, 1.807) is 24.3 Å². The molecule has 4 N–H and O–H groups in total. The van der Waals surface area contributed by atoms with Crippen molar-refractivity contribution in [2.75, 3.05) is 13.2 Å². The van der Waals surface area contributed by atoms with Gasteiger partial charge in [-0.15, -0.1) is 0 Å². The van der Waals surface area contributed by atoms with Gasteiger partial charge in [-0.3, -0.25) is 4.79 Å². The Morgan fingerprint density at radius 1 is 0.871 bits per heavy atom. The van der Waals surface area contributed by atoms with Crippen LogP contribution in [0.5, 0.6) is 5.75 Å². The molecule has 0 spiro atoms. The molecule has 0 fully saturated rings. The van der Waals surface area contributed by atoms with Gasteiger partial charge in [0.1, 0.15) is 23.5 Å². The lowest BCUT2D eigenvalue weighted by atomic mass is 9.93. The molecule has 31 heavy (non-hydrogen) atoms. The van der Waals surface area contributed by atoms with Gasteiger partial charge in [-0.2, -0.15) is 0 Å².